The molecule has 1 saturated heterocycles. The molecule has 0 radical (unpaired) electrons. The van der Waals surface area contributed by atoms with E-state index in [0.29, 0.717) is 18.4 Å². The van der Waals surface area contributed by atoms with E-state index in [0.717, 1.165) is 11.0 Å². The normalized spacial score (nSPS) is 25.8. The van der Waals surface area contributed by atoms with Gasteiger partial charge in [-0.25, -0.2) is 8.42 Å². The van der Waals surface area contributed by atoms with E-state index in [1.165, 1.54) is 37.4 Å². The van der Waals surface area contributed by atoms with Crippen LogP contribution < -0.4 is 0 Å². The Hall–Kier alpha value is -1.09. The van der Waals surface area contributed by atoms with Gasteiger partial charge in [-0.15, -0.1) is 10.2 Å². The average Bonchev–Trinajstić information content (AvgIpc) is 3.47. The Balaban J connectivity index is 1.39. The molecule has 0 N–H and O–H groups in total. The minimum absolute atomic E-state index is 0.0413. The topological polar surface area (TPSA) is 85.2 Å². The first-order valence-corrected chi connectivity index (χ1v) is 11.3. The molecule has 0 spiro atoms. The van der Waals surface area contributed by atoms with Crippen LogP contribution in [0.25, 0.3) is 0 Å². The van der Waals surface area contributed by atoms with Gasteiger partial charge in [0.1, 0.15) is 5.82 Å². The van der Waals surface area contributed by atoms with E-state index in [9.17, 15) is 13.2 Å². The van der Waals surface area contributed by atoms with Crippen LogP contribution in [0.5, 0.6) is 0 Å². The molecule has 1 aliphatic heterocycles. The Kier molecular flexibility index (Phi) is 4.11. The Morgan fingerprint density at radius 2 is 2.00 bits per heavy atom. The van der Waals surface area contributed by atoms with E-state index in [-0.39, 0.29) is 29.2 Å². The van der Waals surface area contributed by atoms with Gasteiger partial charge >= 0.3 is 0 Å². The zero-order chi connectivity index (χ0) is 16.9. The average molecular weight is 371 g/mol. The summed E-state index contributed by atoms with van der Waals surface area (Å²) in [6.07, 6.45) is 5.25. The number of aromatic nitrogens is 3. The predicted molar refractivity (Wildman–Crippen MR) is 90.8 cm³/mol. The zero-order valence-corrected chi connectivity index (χ0v) is 15.4. The molecule has 3 aliphatic rings. The Morgan fingerprint density at radius 1 is 1.25 bits per heavy atom. The van der Waals surface area contributed by atoms with Crippen LogP contribution >= 0.6 is 11.8 Å². The highest BCUT2D eigenvalue weighted by Crippen LogP contribution is 2.46. The Labute approximate surface area is 146 Å². The van der Waals surface area contributed by atoms with Crippen LogP contribution in [-0.2, 0) is 14.6 Å². The summed E-state index contributed by atoms with van der Waals surface area (Å²) in [5.74, 6) is 2.15. The lowest BCUT2D eigenvalue weighted by Crippen LogP contribution is -2.38. The molecule has 2 heterocycles. The molecule has 3 fully saturated rings. The molecule has 0 aromatic carbocycles. The van der Waals surface area contributed by atoms with Crippen LogP contribution in [-0.4, -0.2) is 64.3 Å². The fourth-order valence-electron chi connectivity index (χ4n) is 3.20. The number of hydrogen-bond acceptors (Lipinski definition) is 6. The van der Waals surface area contributed by atoms with E-state index >= 15 is 0 Å². The van der Waals surface area contributed by atoms with Crippen molar-refractivity contribution in [3.63, 3.8) is 0 Å². The SMILES string of the molecule is CN(C(=O)CSc1nnc(C2CC2)n1C1CC1)[C@H]1CCS(=O)(=O)C1. The van der Waals surface area contributed by atoms with Gasteiger partial charge in [-0.1, -0.05) is 11.8 Å². The zero-order valence-electron chi connectivity index (χ0n) is 13.7. The van der Waals surface area contributed by atoms with Crippen molar-refractivity contribution in [2.75, 3.05) is 24.3 Å². The quantitative estimate of drug-likeness (QED) is 0.700. The lowest BCUT2D eigenvalue weighted by Gasteiger charge is -2.23. The number of carbonyl (C=O) groups excluding carboxylic acids is 1. The molecule has 132 valence electrons. The standard InChI is InChI=1S/C15H22N4O3S2/c1-18(12-6-7-24(21,22)9-12)13(20)8-23-15-17-16-14(10-2-3-10)19(15)11-4-5-11/h10-12H,2-9H2,1H3/t12-/m0/s1. The van der Waals surface area contributed by atoms with Crippen LogP contribution in [0.3, 0.4) is 0 Å². The molecule has 2 saturated carbocycles. The van der Waals surface area contributed by atoms with Gasteiger partial charge in [0.15, 0.2) is 15.0 Å². The van der Waals surface area contributed by atoms with Crippen molar-refractivity contribution >= 4 is 27.5 Å². The highest BCUT2D eigenvalue weighted by atomic mass is 32.2. The molecular formula is C15H22N4O3S2. The summed E-state index contributed by atoms with van der Waals surface area (Å²) in [4.78, 5) is 14.0. The number of sulfone groups is 1. The smallest absolute Gasteiger partial charge is 0.233 e. The summed E-state index contributed by atoms with van der Waals surface area (Å²) in [7, 11) is -1.27. The van der Waals surface area contributed by atoms with Crippen LogP contribution in [0.4, 0.5) is 0 Å². The van der Waals surface area contributed by atoms with E-state index in [2.05, 4.69) is 14.8 Å². The summed E-state index contributed by atoms with van der Waals surface area (Å²) in [6.45, 7) is 0. The van der Waals surface area contributed by atoms with Gasteiger partial charge < -0.3 is 9.47 Å². The number of carbonyl (C=O) groups is 1. The fourth-order valence-corrected chi connectivity index (χ4v) is 5.91. The molecular weight excluding hydrogens is 348 g/mol. The van der Waals surface area contributed by atoms with Crippen molar-refractivity contribution in [3.05, 3.63) is 5.82 Å². The molecule has 1 aromatic rings. The van der Waals surface area contributed by atoms with Gasteiger partial charge in [-0.2, -0.15) is 0 Å². The molecule has 9 heteroatoms. The maximum Gasteiger partial charge on any atom is 0.233 e. The summed E-state index contributed by atoms with van der Waals surface area (Å²) in [5.41, 5.74) is 0. The second kappa shape index (κ2) is 6.01. The monoisotopic (exact) mass is 370 g/mol. The number of rotatable bonds is 6. The van der Waals surface area contributed by atoms with Gasteiger partial charge in [0.25, 0.3) is 0 Å². The van der Waals surface area contributed by atoms with Crippen LogP contribution in [0.2, 0.25) is 0 Å². The molecule has 1 atom stereocenters. The van der Waals surface area contributed by atoms with Crippen molar-refractivity contribution in [1.29, 1.82) is 0 Å². The first-order chi connectivity index (χ1) is 11.4. The van der Waals surface area contributed by atoms with E-state index in [1.807, 2.05) is 0 Å². The third-order valence-electron chi connectivity index (χ3n) is 5.02. The molecule has 1 aromatic heterocycles. The summed E-state index contributed by atoms with van der Waals surface area (Å²) in [6, 6.07) is 0.317. The maximum absolute atomic E-state index is 12.4. The summed E-state index contributed by atoms with van der Waals surface area (Å²) < 4.78 is 25.4. The van der Waals surface area contributed by atoms with Crippen LogP contribution in [0, 0.1) is 0 Å². The number of amides is 1. The van der Waals surface area contributed by atoms with E-state index in [1.54, 1.807) is 11.9 Å². The first-order valence-electron chi connectivity index (χ1n) is 8.48. The number of thioether (sulfide) groups is 1. The van der Waals surface area contributed by atoms with Gasteiger partial charge in [-0.05, 0) is 32.1 Å². The molecule has 4 rings (SSSR count). The van der Waals surface area contributed by atoms with Crippen molar-refractivity contribution in [2.24, 2.45) is 0 Å². The third kappa shape index (κ3) is 3.33. The second-order valence-electron chi connectivity index (χ2n) is 7.07. The minimum Gasteiger partial charge on any atom is -0.341 e. The van der Waals surface area contributed by atoms with Gasteiger partial charge in [0.05, 0.1) is 17.3 Å². The summed E-state index contributed by atoms with van der Waals surface area (Å²) in [5, 5.41) is 9.48. The fraction of sp³-hybridized carbons (Fsp3) is 0.800. The highest BCUT2D eigenvalue weighted by Gasteiger charge is 2.37. The predicted octanol–water partition coefficient (Wildman–Crippen LogP) is 1.23. The molecule has 24 heavy (non-hydrogen) atoms. The van der Waals surface area contributed by atoms with Gasteiger partial charge in [-0.3, -0.25) is 4.79 Å². The largest absolute Gasteiger partial charge is 0.341 e. The number of hydrogen-bond donors (Lipinski definition) is 0. The van der Waals surface area contributed by atoms with Crippen LogP contribution in [0.1, 0.15) is 49.9 Å². The van der Waals surface area contributed by atoms with E-state index < -0.39 is 9.84 Å². The van der Waals surface area contributed by atoms with E-state index in [4.69, 9.17) is 0 Å². The lowest BCUT2D eigenvalue weighted by molar-refractivity contribution is -0.128. The Morgan fingerprint density at radius 3 is 2.58 bits per heavy atom. The highest BCUT2D eigenvalue weighted by molar-refractivity contribution is 7.99. The molecule has 2 aliphatic carbocycles. The maximum atomic E-state index is 12.4. The van der Waals surface area contributed by atoms with Gasteiger partial charge in [0.2, 0.25) is 5.91 Å². The van der Waals surface area contributed by atoms with Crippen molar-refractivity contribution in [1.82, 2.24) is 19.7 Å². The van der Waals surface area contributed by atoms with Gasteiger partial charge in [0, 0.05) is 25.0 Å². The minimum atomic E-state index is -2.98. The van der Waals surface area contributed by atoms with Crippen molar-refractivity contribution in [3.8, 4) is 0 Å². The Bertz CT molecular complexity index is 753. The third-order valence-corrected chi connectivity index (χ3v) is 7.70. The summed E-state index contributed by atoms with van der Waals surface area (Å²) >= 11 is 1.43. The second-order valence-corrected chi connectivity index (χ2v) is 10.2. The van der Waals surface area contributed by atoms with Crippen LogP contribution in [0.15, 0.2) is 5.16 Å². The molecule has 0 unspecified atom stereocenters. The molecule has 1 amide bonds. The molecule has 0 bridgehead atoms. The molecule has 7 nitrogen and oxygen atoms in total. The number of nitrogens with zero attached hydrogens (tertiary/aromatic N) is 4. The first kappa shape index (κ1) is 16.4. The lowest BCUT2D eigenvalue weighted by atomic mass is 10.2. The van der Waals surface area contributed by atoms with Crippen molar-refractivity contribution in [2.45, 2.75) is 55.3 Å². The van der Waals surface area contributed by atoms with Crippen molar-refractivity contribution < 1.29 is 13.2 Å².